The highest BCUT2D eigenvalue weighted by Crippen LogP contribution is 2.33. The number of ether oxygens (including phenoxy) is 2. The van der Waals surface area contributed by atoms with E-state index in [0.29, 0.717) is 5.75 Å². The van der Waals surface area contributed by atoms with Gasteiger partial charge in [-0.2, -0.15) is 0 Å². The average molecular weight is 356 g/mol. The predicted molar refractivity (Wildman–Crippen MR) is 83.4 cm³/mol. The molecule has 20 heavy (non-hydrogen) atoms. The molecule has 0 bridgehead atoms. The number of carbonyl (C=O) groups is 1. The lowest BCUT2D eigenvalue weighted by Gasteiger charge is -2.18. The molecule has 4 nitrogen and oxygen atoms in total. The van der Waals surface area contributed by atoms with Gasteiger partial charge in [0, 0.05) is 4.88 Å². The van der Waals surface area contributed by atoms with Crippen LogP contribution in [0.5, 0.6) is 5.75 Å². The SMILES string of the molecule is COC(=O)C(Nc1ccccc1OC)c1ccc(Br)s1. The Morgan fingerprint density at radius 3 is 2.60 bits per heavy atom. The smallest absolute Gasteiger partial charge is 0.333 e. The molecule has 1 atom stereocenters. The van der Waals surface area contributed by atoms with Gasteiger partial charge in [-0.15, -0.1) is 11.3 Å². The number of nitrogens with one attached hydrogen (secondary N) is 1. The number of hydrogen-bond acceptors (Lipinski definition) is 5. The lowest BCUT2D eigenvalue weighted by atomic mass is 10.2. The highest BCUT2D eigenvalue weighted by molar-refractivity contribution is 9.11. The van der Waals surface area contributed by atoms with Gasteiger partial charge in [-0.25, -0.2) is 4.79 Å². The number of rotatable bonds is 5. The van der Waals surface area contributed by atoms with Gasteiger partial charge in [0.2, 0.25) is 0 Å². The van der Waals surface area contributed by atoms with Gasteiger partial charge in [0.15, 0.2) is 6.04 Å². The Kier molecular flexibility index (Phi) is 5.03. The Morgan fingerprint density at radius 2 is 2.00 bits per heavy atom. The minimum atomic E-state index is -0.562. The topological polar surface area (TPSA) is 47.6 Å². The monoisotopic (exact) mass is 355 g/mol. The van der Waals surface area contributed by atoms with Crippen LogP contribution in [0.15, 0.2) is 40.2 Å². The fourth-order valence-corrected chi connectivity index (χ4v) is 3.23. The molecule has 6 heteroatoms. The molecule has 106 valence electrons. The maximum Gasteiger partial charge on any atom is 0.333 e. The number of para-hydroxylation sites is 2. The van der Waals surface area contributed by atoms with Crippen molar-refractivity contribution in [1.29, 1.82) is 0 Å². The van der Waals surface area contributed by atoms with E-state index in [1.165, 1.54) is 18.4 Å². The summed E-state index contributed by atoms with van der Waals surface area (Å²) in [5.74, 6) is 0.335. The second-order valence-electron chi connectivity index (χ2n) is 3.94. The van der Waals surface area contributed by atoms with E-state index < -0.39 is 6.04 Å². The summed E-state index contributed by atoms with van der Waals surface area (Å²) in [6.45, 7) is 0. The van der Waals surface area contributed by atoms with Gasteiger partial charge in [0.25, 0.3) is 0 Å². The van der Waals surface area contributed by atoms with Crippen LogP contribution in [0.3, 0.4) is 0 Å². The predicted octanol–water partition coefficient (Wildman–Crippen LogP) is 3.85. The quantitative estimate of drug-likeness (QED) is 0.827. The molecule has 0 saturated carbocycles. The average Bonchev–Trinajstić information content (AvgIpc) is 2.90. The number of methoxy groups -OCH3 is 2. The normalized spacial score (nSPS) is 11.8. The lowest BCUT2D eigenvalue weighted by Crippen LogP contribution is -2.21. The molecule has 1 heterocycles. The van der Waals surface area contributed by atoms with Gasteiger partial charge in [0.1, 0.15) is 5.75 Å². The Labute approximate surface area is 129 Å². The van der Waals surface area contributed by atoms with Crippen molar-refractivity contribution < 1.29 is 14.3 Å². The van der Waals surface area contributed by atoms with Gasteiger partial charge >= 0.3 is 5.97 Å². The van der Waals surface area contributed by atoms with Crippen LogP contribution in [-0.4, -0.2) is 20.2 Å². The Morgan fingerprint density at radius 1 is 1.25 bits per heavy atom. The highest BCUT2D eigenvalue weighted by Gasteiger charge is 2.24. The molecule has 1 N–H and O–H groups in total. The molecular weight excluding hydrogens is 342 g/mol. The van der Waals surface area contributed by atoms with Crippen molar-refractivity contribution in [3.63, 3.8) is 0 Å². The number of benzene rings is 1. The Hall–Kier alpha value is -1.53. The first-order valence-electron chi connectivity index (χ1n) is 5.88. The van der Waals surface area contributed by atoms with Crippen LogP contribution in [-0.2, 0) is 9.53 Å². The van der Waals surface area contributed by atoms with Crippen LogP contribution in [0.2, 0.25) is 0 Å². The van der Waals surface area contributed by atoms with Crippen molar-refractivity contribution >= 4 is 38.9 Å². The Bertz CT molecular complexity index is 600. The summed E-state index contributed by atoms with van der Waals surface area (Å²) in [5, 5.41) is 3.17. The molecule has 0 aliphatic carbocycles. The zero-order valence-corrected chi connectivity index (χ0v) is 13.5. The van der Waals surface area contributed by atoms with Crippen LogP contribution in [0.1, 0.15) is 10.9 Å². The van der Waals surface area contributed by atoms with Crippen LogP contribution in [0.4, 0.5) is 5.69 Å². The Balaban J connectivity index is 2.31. The zero-order chi connectivity index (χ0) is 14.5. The second-order valence-corrected chi connectivity index (χ2v) is 6.44. The van der Waals surface area contributed by atoms with Crippen molar-refractivity contribution in [3.05, 3.63) is 45.1 Å². The molecular formula is C14H14BrNO3S. The zero-order valence-electron chi connectivity index (χ0n) is 11.1. The van der Waals surface area contributed by atoms with Crippen molar-refractivity contribution in [3.8, 4) is 5.75 Å². The largest absolute Gasteiger partial charge is 0.495 e. The van der Waals surface area contributed by atoms with E-state index in [-0.39, 0.29) is 5.97 Å². The van der Waals surface area contributed by atoms with Gasteiger partial charge in [0.05, 0.1) is 23.7 Å². The van der Waals surface area contributed by atoms with Crippen molar-refractivity contribution in [2.75, 3.05) is 19.5 Å². The molecule has 0 aliphatic heterocycles. The van der Waals surface area contributed by atoms with Crippen LogP contribution < -0.4 is 10.1 Å². The molecule has 1 aromatic carbocycles. The molecule has 1 aromatic heterocycles. The summed E-state index contributed by atoms with van der Waals surface area (Å²) in [5.41, 5.74) is 0.745. The molecule has 2 aromatic rings. The molecule has 0 spiro atoms. The van der Waals surface area contributed by atoms with E-state index in [1.54, 1.807) is 7.11 Å². The maximum atomic E-state index is 12.0. The first-order chi connectivity index (χ1) is 9.65. The van der Waals surface area contributed by atoms with Gasteiger partial charge in [-0.3, -0.25) is 0 Å². The van der Waals surface area contributed by atoms with E-state index >= 15 is 0 Å². The third kappa shape index (κ3) is 3.32. The van der Waals surface area contributed by atoms with E-state index in [2.05, 4.69) is 21.2 Å². The highest BCUT2D eigenvalue weighted by atomic mass is 79.9. The van der Waals surface area contributed by atoms with E-state index in [9.17, 15) is 4.79 Å². The number of anilines is 1. The molecule has 0 aliphatic rings. The number of thiophene rings is 1. The van der Waals surface area contributed by atoms with Crippen LogP contribution >= 0.6 is 27.3 Å². The summed E-state index contributed by atoms with van der Waals surface area (Å²) in [6.07, 6.45) is 0. The summed E-state index contributed by atoms with van der Waals surface area (Å²) in [7, 11) is 2.97. The van der Waals surface area contributed by atoms with Crippen LogP contribution in [0, 0.1) is 0 Å². The van der Waals surface area contributed by atoms with Gasteiger partial charge < -0.3 is 14.8 Å². The van der Waals surface area contributed by atoms with Crippen LogP contribution in [0.25, 0.3) is 0 Å². The summed E-state index contributed by atoms with van der Waals surface area (Å²) in [6, 6.07) is 10.7. The third-order valence-corrected chi connectivity index (χ3v) is 4.41. The van der Waals surface area contributed by atoms with Gasteiger partial charge in [-0.05, 0) is 40.2 Å². The standard InChI is InChI=1S/C14H14BrNO3S/c1-18-10-6-4-3-5-9(10)16-13(14(17)19-2)11-7-8-12(15)20-11/h3-8,13,16H,1-2H3. The fourth-order valence-electron chi connectivity index (χ4n) is 1.77. The molecule has 0 radical (unpaired) electrons. The molecule has 0 amide bonds. The summed E-state index contributed by atoms with van der Waals surface area (Å²) < 4.78 is 11.1. The van der Waals surface area contributed by atoms with Crippen molar-refractivity contribution in [2.45, 2.75) is 6.04 Å². The fraction of sp³-hybridized carbons (Fsp3) is 0.214. The molecule has 2 rings (SSSR count). The number of carbonyl (C=O) groups excluding carboxylic acids is 1. The molecule has 0 fully saturated rings. The first kappa shape index (κ1) is 14.9. The first-order valence-corrected chi connectivity index (χ1v) is 7.49. The summed E-state index contributed by atoms with van der Waals surface area (Å²) in [4.78, 5) is 12.9. The lowest BCUT2D eigenvalue weighted by molar-refractivity contribution is -0.141. The number of halogens is 1. The maximum absolute atomic E-state index is 12.0. The second kappa shape index (κ2) is 6.76. The molecule has 1 unspecified atom stereocenters. The van der Waals surface area contributed by atoms with E-state index in [0.717, 1.165) is 14.4 Å². The summed E-state index contributed by atoms with van der Waals surface area (Å²) >= 11 is 4.88. The van der Waals surface area contributed by atoms with Crippen molar-refractivity contribution in [1.82, 2.24) is 0 Å². The van der Waals surface area contributed by atoms with Crippen molar-refractivity contribution in [2.24, 2.45) is 0 Å². The van der Waals surface area contributed by atoms with Gasteiger partial charge in [-0.1, -0.05) is 12.1 Å². The number of hydrogen-bond donors (Lipinski definition) is 1. The van der Waals surface area contributed by atoms with E-state index in [1.807, 2.05) is 36.4 Å². The minimum absolute atomic E-state index is 0.342. The minimum Gasteiger partial charge on any atom is -0.495 e. The number of esters is 1. The molecule has 0 saturated heterocycles. The third-order valence-electron chi connectivity index (χ3n) is 2.72. The van der Waals surface area contributed by atoms with E-state index in [4.69, 9.17) is 9.47 Å².